The Morgan fingerprint density at radius 1 is 1.11 bits per heavy atom. The molecule has 1 saturated carbocycles. The summed E-state index contributed by atoms with van der Waals surface area (Å²) in [5.41, 5.74) is 0.262. The lowest BCUT2D eigenvalue weighted by Crippen LogP contribution is -2.61. The van der Waals surface area contributed by atoms with E-state index in [0.717, 1.165) is 39.2 Å². The molecule has 1 N–H and O–H groups in total. The summed E-state index contributed by atoms with van der Waals surface area (Å²) in [6, 6.07) is 0.614. The normalized spacial score (nSPS) is 26.0. The fourth-order valence-electron chi connectivity index (χ4n) is 2.43. The molecule has 0 aromatic heterocycles. The van der Waals surface area contributed by atoms with E-state index >= 15 is 0 Å². The van der Waals surface area contributed by atoms with E-state index in [1.165, 1.54) is 12.8 Å². The summed E-state index contributed by atoms with van der Waals surface area (Å²) in [6.07, 6.45) is 5.08. The van der Waals surface area contributed by atoms with Gasteiger partial charge in [0.2, 0.25) is 0 Å². The Morgan fingerprint density at radius 2 is 1.89 bits per heavy atom. The van der Waals surface area contributed by atoms with Gasteiger partial charge in [0.15, 0.2) is 0 Å². The maximum Gasteiger partial charge on any atom is 0.0704 e. The zero-order valence-corrected chi connectivity index (χ0v) is 12.6. The first-order chi connectivity index (χ1) is 8.62. The van der Waals surface area contributed by atoms with Gasteiger partial charge in [-0.2, -0.15) is 0 Å². The predicted molar refractivity (Wildman–Crippen MR) is 75.9 cm³/mol. The molecule has 0 heterocycles. The molecule has 0 radical (unpaired) electrons. The molecule has 0 aliphatic heterocycles. The molecule has 0 spiro atoms. The van der Waals surface area contributed by atoms with Gasteiger partial charge in [-0.3, -0.25) is 0 Å². The van der Waals surface area contributed by atoms with Gasteiger partial charge in [-0.15, -0.1) is 0 Å². The minimum Gasteiger partial charge on any atom is -0.379 e. The van der Waals surface area contributed by atoms with Gasteiger partial charge in [-0.05, 0) is 25.8 Å². The molecule has 0 bridgehead atoms. The summed E-state index contributed by atoms with van der Waals surface area (Å²) in [6.45, 7) is 12.4. The fraction of sp³-hybridized carbons (Fsp3) is 1.00. The molecule has 18 heavy (non-hydrogen) atoms. The third-order valence-corrected chi connectivity index (χ3v) is 4.01. The molecule has 3 nitrogen and oxygen atoms in total. The van der Waals surface area contributed by atoms with Crippen LogP contribution in [0.1, 0.15) is 53.4 Å². The van der Waals surface area contributed by atoms with Crippen molar-refractivity contribution in [2.24, 2.45) is 5.41 Å². The summed E-state index contributed by atoms with van der Waals surface area (Å²) < 4.78 is 11.4. The van der Waals surface area contributed by atoms with Crippen LogP contribution in [0.5, 0.6) is 0 Å². The minimum atomic E-state index is 0.262. The van der Waals surface area contributed by atoms with E-state index in [-0.39, 0.29) is 5.41 Å². The SMILES string of the molecule is CCCCOCCOC1CC(NCCC)C1(C)C. The third kappa shape index (κ3) is 4.52. The van der Waals surface area contributed by atoms with Crippen LogP contribution in [0.25, 0.3) is 0 Å². The molecule has 3 heteroatoms. The number of hydrogen-bond donors (Lipinski definition) is 1. The first-order valence-corrected chi connectivity index (χ1v) is 7.55. The molecule has 2 atom stereocenters. The Kier molecular flexibility index (Phi) is 7.20. The van der Waals surface area contributed by atoms with Gasteiger partial charge in [0.1, 0.15) is 0 Å². The van der Waals surface area contributed by atoms with Gasteiger partial charge in [-0.25, -0.2) is 0 Å². The van der Waals surface area contributed by atoms with Crippen LogP contribution >= 0.6 is 0 Å². The van der Waals surface area contributed by atoms with Crippen LogP contribution in [0, 0.1) is 5.41 Å². The second kappa shape index (κ2) is 8.13. The van der Waals surface area contributed by atoms with E-state index in [0.29, 0.717) is 12.1 Å². The molecule has 0 amide bonds. The van der Waals surface area contributed by atoms with Crippen molar-refractivity contribution in [3.63, 3.8) is 0 Å². The summed E-state index contributed by atoms with van der Waals surface area (Å²) >= 11 is 0. The second-order valence-corrected chi connectivity index (χ2v) is 5.89. The number of hydrogen-bond acceptors (Lipinski definition) is 3. The highest BCUT2D eigenvalue weighted by molar-refractivity contribution is 5.02. The summed E-state index contributed by atoms with van der Waals surface area (Å²) in [7, 11) is 0. The molecule has 1 aliphatic carbocycles. The number of ether oxygens (including phenoxy) is 2. The third-order valence-electron chi connectivity index (χ3n) is 4.01. The fourth-order valence-corrected chi connectivity index (χ4v) is 2.43. The van der Waals surface area contributed by atoms with Crippen molar-refractivity contribution in [2.45, 2.75) is 65.5 Å². The van der Waals surface area contributed by atoms with E-state index in [4.69, 9.17) is 9.47 Å². The van der Waals surface area contributed by atoms with Gasteiger partial charge < -0.3 is 14.8 Å². The lowest BCUT2D eigenvalue weighted by Gasteiger charge is -2.52. The predicted octanol–water partition coefficient (Wildman–Crippen LogP) is 2.99. The quantitative estimate of drug-likeness (QED) is 0.610. The maximum atomic E-state index is 5.92. The number of rotatable bonds is 10. The van der Waals surface area contributed by atoms with Crippen LogP contribution in [0.15, 0.2) is 0 Å². The Hall–Kier alpha value is -0.120. The topological polar surface area (TPSA) is 30.5 Å². The van der Waals surface area contributed by atoms with Gasteiger partial charge in [0.25, 0.3) is 0 Å². The number of unbranched alkanes of at least 4 members (excludes halogenated alkanes) is 1. The zero-order chi connectivity index (χ0) is 13.4. The van der Waals surface area contributed by atoms with Crippen molar-refractivity contribution in [2.75, 3.05) is 26.4 Å². The van der Waals surface area contributed by atoms with Crippen LogP contribution in [0.4, 0.5) is 0 Å². The Morgan fingerprint density at radius 3 is 2.50 bits per heavy atom. The Bertz CT molecular complexity index is 219. The van der Waals surface area contributed by atoms with Gasteiger partial charge in [0, 0.05) is 18.1 Å². The molecule has 1 fully saturated rings. The molecule has 0 aromatic carbocycles. The van der Waals surface area contributed by atoms with E-state index in [9.17, 15) is 0 Å². The van der Waals surface area contributed by atoms with Crippen LogP contribution in [-0.2, 0) is 9.47 Å². The van der Waals surface area contributed by atoms with Gasteiger partial charge >= 0.3 is 0 Å². The number of nitrogens with one attached hydrogen (secondary N) is 1. The first-order valence-electron chi connectivity index (χ1n) is 7.55. The smallest absolute Gasteiger partial charge is 0.0704 e. The van der Waals surface area contributed by atoms with Crippen LogP contribution in [0.2, 0.25) is 0 Å². The average molecular weight is 257 g/mol. The maximum absolute atomic E-state index is 5.92. The summed E-state index contributed by atoms with van der Waals surface area (Å²) in [5, 5.41) is 3.60. The molecule has 0 saturated heterocycles. The van der Waals surface area contributed by atoms with Gasteiger partial charge in [-0.1, -0.05) is 34.1 Å². The monoisotopic (exact) mass is 257 g/mol. The average Bonchev–Trinajstić information content (AvgIpc) is 2.35. The minimum absolute atomic E-state index is 0.262. The first kappa shape index (κ1) is 15.9. The van der Waals surface area contributed by atoms with E-state index in [1.54, 1.807) is 0 Å². The second-order valence-electron chi connectivity index (χ2n) is 5.89. The highest BCUT2D eigenvalue weighted by Crippen LogP contribution is 2.42. The summed E-state index contributed by atoms with van der Waals surface area (Å²) in [5.74, 6) is 0. The van der Waals surface area contributed by atoms with E-state index < -0.39 is 0 Å². The van der Waals surface area contributed by atoms with Crippen LogP contribution in [0.3, 0.4) is 0 Å². The van der Waals surface area contributed by atoms with Crippen molar-refractivity contribution in [1.29, 1.82) is 0 Å². The van der Waals surface area contributed by atoms with Crippen molar-refractivity contribution >= 4 is 0 Å². The molecular formula is C15H31NO2. The Balaban J connectivity index is 2.06. The van der Waals surface area contributed by atoms with Crippen molar-refractivity contribution in [3.05, 3.63) is 0 Å². The Labute approximate surface area is 113 Å². The van der Waals surface area contributed by atoms with E-state index in [1.807, 2.05) is 0 Å². The highest BCUT2D eigenvalue weighted by atomic mass is 16.5. The standard InChI is InChI=1S/C15H31NO2/c1-5-7-9-17-10-11-18-14-12-13(15(14,3)4)16-8-6-2/h13-14,16H,5-12H2,1-4H3. The molecule has 0 aromatic rings. The zero-order valence-electron chi connectivity index (χ0n) is 12.6. The molecule has 1 aliphatic rings. The molecule has 2 unspecified atom stereocenters. The molecular weight excluding hydrogens is 226 g/mol. The highest BCUT2D eigenvalue weighted by Gasteiger charge is 2.48. The lowest BCUT2D eigenvalue weighted by molar-refractivity contribution is -0.127. The largest absolute Gasteiger partial charge is 0.379 e. The van der Waals surface area contributed by atoms with Crippen LogP contribution < -0.4 is 5.32 Å². The van der Waals surface area contributed by atoms with Crippen molar-refractivity contribution in [3.8, 4) is 0 Å². The van der Waals surface area contributed by atoms with Crippen molar-refractivity contribution < 1.29 is 9.47 Å². The molecule has 108 valence electrons. The molecule has 1 rings (SSSR count). The van der Waals surface area contributed by atoms with Gasteiger partial charge in [0.05, 0.1) is 19.3 Å². The van der Waals surface area contributed by atoms with E-state index in [2.05, 4.69) is 33.0 Å². The summed E-state index contributed by atoms with van der Waals surface area (Å²) in [4.78, 5) is 0. The van der Waals surface area contributed by atoms with Crippen LogP contribution in [-0.4, -0.2) is 38.5 Å². The van der Waals surface area contributed by atoms with Crippen molar-refractivity contribution in [1.82, 2.24) is 5.32 Å². The lowest BCUT2D eigenvalue weighted by atomic mass is 9.64.